The number of nitrogen functional groups attached to an aromatic ring is 1. The molecule has 0 heterocycles. The van der Waals surface area contributed by atoms with Gasteiger partial charge in [-0.3, -0.25) is 4.79 Å². The van der Waals surface area contributed by atoms with E-state index in [2.05, 4.69) is 5.32 Å². The van der Waals surface area contributed by atoms with Gasteiger partial charge in [0.15, 0.2) is 0 Å². The fraction of sp³-hybridized carbons (Fsp3) is 0.188. The van der Waals surface area contributed by atoms with Crippen molar-refractivity contribution in [1.29, 1.82) is 0 Å². The summed E-state index contributed by atoms with van der Waals surface area (Å²) in [7, 11) is 0. The van der Waals surface area contributed by atoms with Crippen molar-refractivity contribution in [3.8, 4) is 0 Å². The number of nitrogens with two attached hydrogens (primary N) is 1. The van der Waals surface area contributed by atoms with Gasteiger partial charge in [-0.15, -0.1) is 11.8 Å². The maximum Gasteiger partial charge on any atom is 0.234 e. The van der Waals surface area contributed by atoms with Gasteiger partial charge < -0.3 is 11.1 Å². The molecule has 0 saturated heterocycles. The van der Waals surface area contributed by atoms with Crippen LogP contribution in [0.5, 0.6) is 0 Å². The minimum Gasteiger partial charge on any atom is -0.399 e. The number of benzene rings is 2. The summed E-state index contributed by atoms with van der Waals surface area (Å²) in [6.07, 6.45) is 0. The Morgan fingerprint density at radius 1 is 1.24 bits per heavy atom. The van der Waals surface area contributed by atoms with Crippen LogP contribution in [0, 0.1) is 13.8 Å². The number of anilines is 2. The van der Waals surface area contributed by atoms with E-state index in [4.69, 9.17) is 17.3 Å². The van der Waals surface area contributed by atoms with Crippen molar-refractivity contribution in [2.75, 3.05) is 16.8 Å². The highest BCUT2D eigenvalue weighted by atomic mass is 35.5. The highest BCUT2D eigenvalue weighted by Gasteiger charge is 2.08. The van der Waals surface area contributed by atoms with Crippen molar-refractivity contribution in [3.05, 3.63) is 52.5 Å². The smallest absolute Gasteiger partial charge is 0.234 e. The van der Waals surface area contributed by atoms with E-state index >= 15 is 0 Å². The molecule has 0 aliphatic rings. The van der Waals surface area contributed by atoms with E-state index in [1.165, 1.54) is 17.3 Å². The van der Waals surface area contributed by atoms with E-state index in [1.54, 1.807) is 18.2 Å². The van der Waals surface area contributed by atoms with Crippen LogP contribution in [0.1, 0.15) is 11.1 Å². The summed E-state index contributed by atoms with van der Waals surface area (Å²) in [4.78, 5) is 12.8. The summed E-state index contributed by atoms with van der Waals surface area (Å²) in [5, 5.41) is 3.51. The summed E-state index contributed by atoms with van der Waals surface area (Å²) >= 11 is 7.45. The number of thioether (sulfide) groups is 1. The van der Waals surface area contributed by atoms with Crippen molar-refractivity contribution in [2.24, 2.45) is 0 Å². The molecule has 3 nitrogen and oxygen atoms in total. The molecule has 0 saturated carbocycles. The minimum atomic E-state index is -0.0644. The van der Waals surface area contributed by atoms with Crippen molar-refractivity contribution in [1.82, 2.24) is 0 Å². The first-order valence-electron chi connectivity index (χ1n) is 6.50. The predicted molar refractivity (Wildman–Crippen MR) is 91.1 cm³/mol. The van der Waals surface area contributed by atoms with Gasteiger partial charge in [0, 0.05) is 16.3 Å². The van der Waals surface area contributed by atoms with Crippen LogP contribution in [-0.4, -0.2) is 11.7 Å². The van der Waals surface area contributed by atoms with Crippen LogP contribution in [0.15, 0.2) is 41.3 Å². The predicted octanol–water partition coefficient (Wildman–Crippen LogP) is 4.27. The highest BCUT2D eigenvalue weighted by molar-refractivity contribution is 8.00. The molecule has 0 bridgehead atoms. The Morgan fingerprint density at radius 3 is 2.71 bits per heavy atom. The molecule has 5 heteroatoms. The zero-order valence-electron chi connectivity index (χ0n) is 11.9. The van der Waals surface area contributed by atoms with Crippen LogP contribution in [0.4, 0.5) is 11.4 Å². The minimum absolute atomic E-state index is 0.0644. The summed E-state index contributed by atoms with van der Waals surface area (Å²) in [5.41, 5.74) is 9.42. The Balaban J connectivity index is 1.97. The largest absolute Gasteiger partial charge is 0.399 e. The molecule has 0 aromatic heterocycles. The molecule has 0 aliphatic heterocycles. The van der Waals surface area contributed by atoms with E-state index in [9.17, 15) is 4.79 Å². The van der Waals surface area contributed by atoms with Crippen molar-refractivity contribution >= 4 is 40.6 Å². The van der Waals surface area contributed by atoms with Gasteiger partial charge in [0.05, 0.1) is 10.8 Å². The lowest BCUT2D eigenvalue weighted by atomic mass is 10.1. The molecule has 0 radical (unpaired) electrons. The van der Waals surface area contributed by atoms with E-state index in [0.717, 1.165) is 16.1 Å². The average molecular weight is 321 g/mol. The van der Waals surface area contributed by atoms with Gasteiger partial charge in [-0.2, -0.15) is 0 Å². The molecule has 2 aromatic rings. The van der Waals surface area contributed by atoms with Crippen LogP contribution < -0.4 is 11.1 Å². The topological polar surface area (TPSA) is 55.1 Å². The Kier molecular flexibility index (Phi) is 5.15. The van der Waals surface area contributed by atoms with Crippen molar-refractivity contribution in [3.63, 3.8) is 0 Å². The summed E-state index contributed by atoms with van der Waals surface area (Å²) < 4.78 is 0. The third kappa shape index (κ3) is 4.41. The second kappa shape index (κ2) is 6.87. The number of hydrogen-bond donors (Lipinski definition) is 2. The number of rotatable bonds is 4. The number of nitrogens with one attached hydrogen (secondary N) is 1. The van der Waals surface area contributed by atoms with Crippen LogP contribution in [-0.2, 0) is 4.79 Å². The Morgan fingerprint density at radius 2 is 2.00 bits per heavy atom. The van der Waals surface area contributed by atoms with E-state index in [0.29, 0.717) is 10.7 Å². The van der Waals surface area contributed by atoms with E-state index in [-0.39, 0.29) is 11.7 Å². The van der Waals surface area contributed by atoms with Gasteiger partial charge in [-0.1, -0.05) is 29.3 Å². The fourth-order valence-electron chi connectivity index (χ4n) is 1.91. The molecule has 0 atom stereocenters. The lowest BCUT2D eigenvalue weighted by molar-refractivity contribution is -0.113. The molecular formula is C16H17ClN2OS. The Hall–Kier alpha value is -1.65. The number of carbonyl (C=O) groups is 1. The monoisotopic (exact) mass is 320 g/mol. The first kappa shape index (κ1) is 15.7. The maximum absolute atomic E-state index is 12.0. The molecule has 0 fully saturated rings. The lowest BCUT2D eigenvalue weighted by Crippen LogP contribution is -2.14. The van der Waals surface area contributed by atoms with Crippen LogP contribution in [0.25, 0.3) is 0 Å². The average Bonchev–Trinajstić information content (AvgIpc) is 2.43. The Bertz CT molecular complexity index is 673. The summed E-state index contributed by atoms with van der Waals surface area (Å²) in [6.45, 7) is 4.00. The zero-order valence-corrected chi connectivity index (χ0v) is 13.5. The first-order chi connectivity index (χ1) is 9.95. The van der Waals surface area contributed by atoms with Gasteiger partial charge in [0.2, 0.25) is 5.91 Å². The highest BCUT2D eigenvalue weighted by Crippen LogP contribution is 2.29. The molecule has 21 heavy (non-hydrogen) atoms. The quantitative estimate of drug-likeness (QED) is 0.653. The lowest BCUT2D eigenvalue weighted by Gasteiger charge is -2.09. The number of amides is 1. The number of hydrogen-bond acceptors (Lipinski definition) is 3. The Labute approximate surface area is 133 Å². The third-order valence-corrected chi connectivity index (χ3v) is 4.47. The summed E-state index contributed by atoms with van der Waals surface area (Å²) in [5.74, 6) is 0.224. The molecule has 0 unspecified atom stereocenters. The van der Waals surface area contributed by atoms with E-state index in [1.807, 2.05) is 32.0 Å². The van der Waals surface area contributed by atoms with Crippen molar-refractivity contribution < 1.29 is 4.79 Å². The number of carbonyl (C=O) groups excluding carboxylic acids is 1. The standard InChI is InChI=1S/C16H17ClN2OS/c1-10-3-6-14(11(2)7-10)19-16(20)9-21-15-8-12(18)4-5-13(15)17/h3-8H,9,18H2,1-2H3,(H,19,20). The molecule has 110 valence electrons. The number of aryl methyl sites for hydroxylation is 2. The van der Waals surface area contributed by atoms with Gasteiger partial charge >= 0.3 is 0 Å². The molecule has 0 spiro atoms. The van der Waals surface area contributed by atoms with Crippen LogP contribution >= 0.6 is 23.4 Å². The summed E-state index contributed by atoms with van der Waals surface area (Å²) in [6, 6.07) is 11.2. The fourth-order valence-corrected chi connectivity index (χ4v) is 2.98. The second-order valence-electron chi connectivity index (χ2n) is 4.85. The maximum atomic E-state index is 12.0. The number of halogens is 1. The SMILES string of the molecule is Cc1ccc(NC(=O)CSc2cc(N)ccc2Cl)c(C)c1. The first-order valence-corrected chi connectivity index (χ1v) is 7.87. The van der Waals surface area contributed by atoms with Gasteiger partial charge in [-0.25, -0.2) is 0 Å². The van der Waals surface area contributed by atoms with Crippen LogP contribution in [0.3, 0.4) is 0 Å². The second-order valence-corrected chi connectivity index (χ2v) is 6.27. The molecule has 1 amide bonds. The molecule has 0 aliphatic carbocycles. The molecular weight excluding hydrogens is 304 g/mol. The molecule has 2 aromatic carbocycles. The molecule has 2 rings (SSSR count). The molecule has 3 N–H and O–H groups in total. The van der Waals surface area contributed by atoms with Gasteiger partial charge in [0.25, 0.3) is 0 Å². The van der Waals surface area contributed by atoms with Crippen molar-refractivity contribution in [2.45, 2.75) is 18.7 Å². The van der Waals surface area contributed by atoms with Gasteiger partial charge in [-0.05, 0) is 43.7 Å². The third-order valence-electron chi connectivity index (χ3n) is 2.97. The van der Waals surface area contributed by atoms with Crippen LogP contribution in [0.2, 0.25) is 5.02 Å². The van der Waals surface area contributed by atoms with E-state index < -0.39 is 0 Å². The zero-order chi connectivity index (χ0) is 15.4. The normalized spacial score (nSPS) is 10.4. The van der Waals surface area contributed by atoms with Gasteiger partial charge in [0.1, 0.15) is 0 Å².